The van der Waals surface area contributed by atoms with Crippen molar-refractivity contribution in [2.24, 2.45) is 0 Å². The molecule has 18 heavy (non-hydrogen) atoms. The first kappa shape index (κ1) is 12.3. The van der Waals surface area contributed by atoms with E-state index in [9.17, 15) is 9.18 Å². The summed E-state index contributed by atoms with van der Waals surface area (Å²) in [5.74, 6) is -0.874. The maximum Gasteiger partial charge on any atom is 0.256 e. The van der Waals surface area contributed by atoms with Gasteiger partial charge in [0.1, 0.15) is 23.3 Å². The smallest absolute Gasteiger partial charge is 0.256 e. The van der Waals surface area contributed by atoms with E-state index in [1.807, 2.05) is 6.07 Å². The third-order valence-corrected chi connectivity index (χ3v) is 2.82. The van der Waals surface area contributed by atoms with Crippen molar-refractivity contribution in [2.45, 2.75) is 0 Å². The number of nitrogens with one attached hydrogen (secondary N) is 2. The second-order valence-corrected chi connectivity index (χ2v) is 4.21. The monoisotopic (exact) mass is 308 g/mol. The van der Waals surface area contributed by atoms with Gasteiger partial charge in [-0.05, 0) is 34.1 Å². The zero-order chi connectivity index (χ0) is 13.1. The summed E-state index contributed by atoms with van der Waals surface area (Å²) in [6.45, 7) is 0. The van der Waals surface area contributed by atoms with Gasteiger partial charge < -0.3 is 5.32 Å². The van der Waals surface area contributed by atoms with Crippen molar-refractivity contribution in [2.75, 3.05) is 5.32 Å². The van der Waals surface area contributed by atoms with Crippen LogP contribution in [0.5, 0.6) is 0 Å². The molecule has 0 aliphatic rings. The Labute approximate surface area is 110 Å². The summed E-state index contributed by atoms with van der Waals surface area (Å²) in [6.07, 6.45) is 1.29. The Balaban J connectivity index is 2.23. The molecular formula is C11H6BrFN4O. The Kier molecular flexibility index (Phi) is 3.39. The van der Waals surface area contributed by atoms with Crippen LogP contribution in [0.15, 0.2) is 28.9 Å². The summed E-state index contributed by atoms with van der Waals surface area (Å²) in [5.41, 5.74) is 0.357. The topological polar surface area (TPSA) is 81.6 Å². The number of rotatable bonds is 2. The number of amides is 1. The third-order valence-electron chi connectivity index (χ3n) is 2.18. The fourth-order valence-corrected chi connectivity index (χ4v) is 1.54. The number of hydrogen-bond acceptors (Lipinski definition) is 3. The fourth-order valence-electron chi connectivity index (χ4n) is 1.29. The molecule has 0 fully saturated rings. The van der Waals surface area contributed by atoms with Gasteiger partial charge in [0.2, 0.25) is 0 Å². The molecule has 2 N–H and O–H groups in total. The van der Waals surface area contributed by atoms with Crippen molar-refractivity contribution in [3.63, 3.8) is 0 Å². The van der Waals surface area contributed by atoms with E-state index in [-0.39, 0.29) is 21.4 Å². The number of aromatic nitrogens is 2. The summed E-state index contributed by atoms with van der Waals surface area (Å²) < 4.78 is 13.5. The average molecular weight is 309 g/mol. The molecule has 0 aliphatic carbocycles. The van der Waals surface area contributed by atoms with Crippen molar-refractivity contribution in [3.8, 4) is 6.07 Å². The highest BCUT2D eigenvalue weighted by Crippen LogP contribution is 2.17. The predicted molar refractivity (Wildman–Crippen MR) is 65.4 cm³/mol. The van der Waals surface area contributed by atoms with Crippen LogP contribution in [0.3, 0.4) is 0 Å². The highest BCUT2D eigenvalue weighted by atomic mass is 79.9. The molecule has 2 rings (SSSR count). The molecule has 0 spiro atoms. The number of carbonyl (C=O) groups excluding carboxylic acids is 1. The number of anilines is 1. The normalized spacial score (nSPS) is 9.83. The molecule has 0 atom stereocenters. The van der Waals surface area contributed by atoms with Gasteiger partial charge in [-0.15, -0.1) is 0 Å². The van der Waals surface area contributed by atoms with E-state index in [0.29, 0.717) is 0 Å². The third kappa shape index (κ3) is 2.38. The zero-order valence-electron chi connectivity index (χ0n) is 8.87. The van der Waals surface area contributed by atoms with E-state index < -0.39 is 11.7 Å². The molecule has 0 aliphatic heterocycles. The minimum Gasteiger partial charge on any atom is -0.306 e. The molecule has 1 heterocycles. The van der Waals surface area contributed by atoms with Gasteiger partial charge in [0.15, 0.2) is 0 Å². The molecule has 0 unspecified atom stereocenters. The fraction of sp³-hybridized carbons (Fsp3) is 0. The lowest BCUT2D eigenvalue weighted by atomic mass is 10.2. The second kappa shape index (κ2) is 4.98. The molecule has 1 aromatic carbocycles. The molecule has 5 nitrogen and oxygen atoms in total. The maximum absolute atomic E-state index is 13.3. The first-order valence-electron chi connectivity index (χ1n) is 4.81. The number of hydrogen-bond donors (Lipinski definition) is 2. The van der Waals surface area contributed by atoms with Crippen LogP contribution in [0.4, 0.5) is 10.2 Å². The number of carbonyl (C=O) groups is 1. The molecular weight excluding hydrogens is 303 g/mol. The van der Waals surface area contributed by atoms with Crippen LogP contribution in [0.25, 0.3) is 0 Å². The number of H-pyrrole nitrogens is 1. The minimum absolute atomic E-state index is 0.147. The van der Waals surface area contributed by atoms with Crippen LogP contribution >= 0.6 is 15.9 Å². The van der Waals surface area contributed by atoms with Gasteiger partial charge in [0.25, 0.3) is 5.91 Å². The summed E-state index contributed by atoms with van der Waals surface area (Å²) in [7, 11) is 0. The quantitative estimate of drug-likeness (QED) is 0.894. The Morgan fingerprint density at radius 1 is 1.56 bits per heavy atom. The van der Waals surface area contributed by atoms with Crippen molar-refractivity contribution in [1.29, 1.82) is 5.26 Å². The first-order valence-corrected chi connectivity index (χ1v) is 5.61. The van der Waals surface area contributed by atoms with Crippen molar-refractivity contribution in [3.05, 3.63) is 45.8 Å². The van der Waals surface area contributed by atoms with Gasteiger partial charge in [0, 0.05) is 5.56 Å². The van der Waals surface area contributed by atoms with Gasteiger partial charge in [-0.25, -0.2) is 4.39 Å². The highest BCUT2D eigenvalue weighted by molar-refractivity contribution is 9.10. The largest absolute Gasteiger partial charge is 0.306 e. The van der Waals surface area contributed by atoms with E-state index in [1.54, 1.807) is 0 Å². The van der Waals surface area contributed by atoms with Crippen molar-refractivity contribution < 1.29 is 9.18 Å². The van der Waals surface area contributed by atoms with Gasteiger partial charge >= 0.3 is 0 Å². The SMILES string of the molecule is N#Cc1cn[nH]c1NC(=O)c1ccc(Br)c(F)c1. The van der Waals surface area contributed by atoms with Crippen LogP contribution in [-0.2, 0) is 0 Å². The number of aromatic amines is 1. The molecule has 1 amide bonds. The Morgan fingerprint density at radius 2 is 2.33 bits per heavy atom. The number of nitriles is 1. The molecule has 0 saturated heterocycles. The molecule has 7 heteroatoms. The van der Waals surface area contributed by atoms with Crippen LogP contribution in [0, 0.1) is 17.1 Å². The molecule has 0 saturated carbocycles. The molecule has 90 valence electrons. The van der Waals surface area contributed by atoms with Gasteiger partial charge in [-0.2, -0.15) is 10.4 Å². The number of nitrogens with zero attached hydrogens (tertiary/aromatic N) is 2. The zero-order valence-corrected chi connectivity index (χ0v) is 10.5. The molecule has 1 aromatic heterocycles. The molecule has 2 aromatic rings. The molecule has 0 bridgehead atoms. The lowest BCUT2D eigenvalue weighted by Crippen LogP contribution is -2.13. The van der Waals surface area contributed by atoms with E-state index >= 15 is 0 Å². The molecule has 0 radical (unpaired) electrons. The highest BCUT2D eigenvalue weighted by Gasteiger charge is 2.12. The number of benzene rings is 1. The van der Waals surface area contributed by atoms with Crippen LogP contribution in [-0.4, -0.2) is 16.1 Å². The Hall–Kier alpha value is -2.20. The standard InChI is InChI=1S/C11H6BrFN4O/c12-8-2-1-6(3-9(8)13)11(18)16-10-7(4-14)5-15-17-10/h1-3,5H,(H2,15,16,17,18). The Bertz CT molecular complexity index is 647. The van der Waals surface area contributed by atoms with E-state index in [1.165, 1.54) is 18.3 Å². The van der Waals surface area contributed by atoms with Gasteiger partial charge in [0.05, 0.1) is 10.7 Å². The lowest BCUT2D eigenvalue weighted by Gasteiger charge is -2.03. The van der Waals surface area contributed by atoms with Crippen LogP contribution < -0.4 is 5.32 Å². The summed E-state index contributed by atoms with van der Waals surface area (Å²) in [4.78, 5) is 11.8. The summed E-state index contributed by atoms with van der Waals surface area (Å²) >= 11 is 3.00. The van der Waals surface area contributed by atoms with Crippen molar-refractivity contribution >= 4 is 27.7 Å². The average Bonchev–Trinajstić information content (AvgIpc) is 2.79. The van der Waals surface area contributed by atoms with Crippen molar-refractivity contribution in [1.82, 2.24) is 10.2 Å². The second-order valence-electron chi connectivity index (χ2n) is 3.35. The predicted octanol–water partition coefficient (Wildman–Crippen LogP) is 2.44. The maximum atomic E-state index is 13.3. The lowest BCUT2D eigenvalue weighted by molar-refractivity contribution is 0.102. The summed E-state index contributed by atoms with van der Waals surface area (Å²) in [6, 6.07) is 5.86. The van der Waals surface area contributed by atoms with E-state index in [2.05, 4.69) is 31.4 Å². The minimum atomic E-state index is -0.534. The van der Waals surface area contributed by atoms with E-state index in [0.717, 1.165) is 6.07 Å². The van der Waals surface area contributed by atoms with Gasteiger partial charge in [-0.3, -0.25) is 9.89 Å². The van der Waals surface area contributed by atoms with E-state index in [4.69, 9.17) is 5.26 Å². The number of halogens is 2. The van der Waals surface area contributed by atoms with Crippen LogP contribution in [0.1, 0.15) is 15.9 Å². The van der Waals surface area contributed by atoms with Gasteiger partial charge in [-0.1, -0.05) is 0 Å². The van der Waals surface area contributed by atoms with Crippen LogP contribution in [0.2, 0.25) is 0 Å². The Morgan fingerprint density at radius 3 is 3.00 bits per heavy atom. The summed E-state index contributed by atoms with van der Waals surface area (Å²) in [5, 5.41) is 17.3. The first-order chi connectivity index (χ1) is 8.61.